The van der Waals surface area contributed by atoms with Crippen LogP contribution < -0.4 is 16.8 Å². The van der Waals surface area contributed by atoms with E-state index in [2.05, 4.69) is 5.10 Å². The lowest BCUT2D eigenvalue weighted by molar-refractivity contribution is -0.120. The molecule has 2 aromatic rings. The number of nitrogen functional groups attached to an aromatic ring is 1. The average molecular weight is 259 g/mol. The fraction of sp³-hybridized carbons (Fsp3) is 0.0833. The zero-order chi connectivity index (χ0) is 13.8. The summed E-state index contributed by atoms with van der Waals surface area (Å²) >= 11 is 0. The van der Waals surface area contributed by atoms with Crippen molar-refractivity contribution < 1.29 is 9.59 Å². The van der Waals surface area contributed by atoms with Crippen LogP contribution in [0.25, 0.3) is 11.1 Å². The number of nitrogens with zero attached hydrogens (tertiary/aromatic N) is 2. The first-order chi connectivity index (χ1) is 9.06. The highest BCUT2D eigenvalue weighted by Gasteiger charge is 2.08. The summed E-state index contributed by atoms with van der Waals surface area (Å²) in [7, 11) is 0. The largest absolute Gasteiger partial charge is 0.398 e. The number of anilines is 1. The molecule has 0 unspecified atom stereocenters. The molecule has 7 heteroatoms. The van der Waals surface area contributed by atoms with Crippen molar-refractivity contribution in [2.45, 2.75) is 6.54 Å². The van der Waals surface area contributed by atoms with Gasteiger partial charge in [-0.1, -0.05) is 18.2 Å². The van der Waals surface area contributed by atoms with Crippen LogP contribution in [0.1, 0.15) is 0 Å². The van der Waals surface area contributed by atoms with Crippen LogP contribution >= 0.6 is 0 Å². The summed E-state index contributed by atoms with van der Waals surface area (Å²) in [6, 6.07) is 6.46. The molecule has 3 amide bonds. The highest BCUT2D eigenvalue weighted by Crippen LogP contribution is 2.24. The lowest BCUT2D eigenvalue weighted by Crippen LogP contribution is -2.37. The van der Waals surface area contributed by atoms with Crippen LogP contribution in [0.3, 0.4) is 0 Å². The van der Waals surface area contributed by atoms with Crippen molar-refractivity contribution in [3.8, 4) is 11.1 Å². The SMILES string of the molecule is NC(=O)NC(=O)Cn1cc(-c2ccccc2N)cn1. The normalized spacial score (nSPS) is 10.1. The summed E-state index contributed by atoms with van der Waals surface area (Å²) in [4.78, 5) is 21.9. The van der Waals surface area contributed by atoms with Crippen LogP contribution in [0, 0.1) is 0 Å². The van der Waals surface area contributed by atoms with E-state index in [0.29, 0.717) is 5.69 Å². The molecule has 1 heterocycles. The molecule has 0 spiro atoms. The number of aromatic nitrogens is 2. The van der Waals surface area contributed by atoms with Crippen molar-refractivity contribution >= 4 is 17.6 Å². The van der Waals surface area contributed by atoms with Crippen molar-refractivity contribution in [1.82, 2.24) is 15.1 Å². The van der Waals surface area contributed by atoms with Gasteiger partial charge in [-0.25, -0.2) is 4.79 Å². The summed E-state index contributed by atoms with van der Waals surface area (Å²) < 4.78 is 1.40. The topological polar surface area (TPSA) is 116 Å². The second kappa shape index (κ2) is 5.21. The first kappa shape index (κ1) is 12.6. The van der Waals surface area contributed by atoms with Crippen LogP contribution in [-0.2, 0) is 11.3 Å². The van der Waals surface area contributed by atoms with Crippen molar-refractivity contribution in [3.63, 3.8) is 0 Å². The Morgan fingerprint density at radius 1 is 1.32 bits per heavy atom. The third-order valence-corrected chi connectivity index (χ3v) is 2.47. The van der Waals surface area contributed by atoms with Gasteiger partial charge in [-0.2, -0.15) is 5.10 Å². The maximum Gasteiger partial charge on any atom is 0.318 e. The van der Waals surface area contributed by atoms with Crippen molar-refractivity contribution in [2.75, 3.05) is 5.73 Å². The first-order valence-electron chi connectivity index (χ1n) is 5.53. The van der Waals surface area contributed by atoms with E-state index in [4.69, 9.17) is 11.5 Å². The van der Waals surface area contributed by atoms with Gasteiger partial charge < -0.3 is 11.5 Å². The summed E-state index contributed by atoms with van der Waals surface area (Å²) in [5.41, 5.74) is 13.0. The van der Waals surface area contributed by atoms with E-state index in [0.717, 1.165) is 11.1 Å². The van der Waals surface area contributed by atoms with Gasteiger partial charge in [0.05, 0.1) is 6.20 Å². The molecule has 0 bridgehead atoms. The Morgan fingerprint density at radius 3 is 2.74 bits per heavy atom. The average Bonchev–Trinajstić information content (AvgIpc) is 2.76. The molecular formula is C12H13N5O2. The number of nitrogens with two attached hydrogens (primary N) is 2. The molecule has 98 valence electrons. The van der Waals surface area contributed by atoms with E-state index < -0.39 is 11.9 Å². The lowest BCUT2D eigenvalue weighted by Gasteiger charge is -2.02. The van der Waals surface area contributed by atoms with E-state index in [1.54, 1.807) is 18.5 Å². The van der Waals surface area contributed by atoms with Crippen molar-refractivity contribution in [1.29, 1.82) is 0 Å². The number of imide groups is 1. The Morgan fingerprint density at radius 2 is 2.05 bits per heavy atom. The number of carbonyl (C=O) groups is 2. The lowest BCUT2D eigenvalue weighted by atomic mass is 10.1. The molecule has 0 saturated carbocycles. The van der Waals surface area contributed by atoms with Gasteiger partial charge in [0, 0.05) is 23.0 Å². The second-order valence-electron chi connectivity index (χ2n) is 3.93. The molecular weight excluding hydrogens is 246 g/mol. The van der Waals surface area contributed by atoms with Crippen LogP contribution in [0.2, 0.25) is 0 Å². The van der Waals surface area contributed by atoms with Gasteiger partial charge in [-0.3, -0.25) is 14.8 Å². The highest BCUT2D eigenvalue weighted by atomic mass is 16.2. The molecule has 0 aliphatic carbocycles. The maximum atomic E-state index is 11.3. The maximum absolute atomic E-state index is 11.3. The Labute approximate surface area is 109 Å². The predicted molar refractivity (Wildman–Crippen MR) is 69.8 cm³/mol. The van der Waals surface area contributed by atoms with E-state index in [1.807, 2.05) is 23.5 Å². The van der Waals surface area contributed by atoms with Gasteiger partial charge in [0.15, 0.2) is 0 Å². The number of nitrogens with one attached hydrogen (secondary N) is 1. The van der Waals surface area contributed by atoms with E-state index in [1.165, 1.54) is 4.68 Å². The molecule has 0 fully saturated rings. The van der Waals surface area contributed by atoms with Gasteiger partial charge >= 0.3 is 6.03 Å². The number of hydrogen-bond donors (Lipinski definition) is 3. The minimum atomic E-state index is -0.885. The quantitative estimate of drug-likeness (QED) is 0.688. The fourth-order valence-corrected chi connectivity index (χ4v) is 1.67. The molecule has 2 rings (SSSR count). The van der Waals surface area contributed by atoms with Gasteiger partial charge in [0.1, 0.15) is 6.54 Å². The number of carbonyl (C=O) groups excluding carboxylic acids is 2. The van der Waals surface area contributed by atoms with Crippen molar-refractivity contribution in [3.05, 3.63) is 36.7 Å². The Balaban J connectivity index is 2.14. The summed E-state index contributed by atoms with van der Waals surface area (Å²) in [5, 5.41) is 6.00. The molecule has 0 radical (unpaired) electrons. The number of para-hydroxylation sites is 1. The number of rotatable bonds is 3. The molecule has 1 aromatic heterocycles. The Bertz CT molecular complexity index is 620. The third-order valence-electron chi connectivity index (χ3n) is 2.47. The van der Waals surface area contributed by atoms with Crippen LogP contribution in [0.15, 0.2) is 36.7 Å². The zero-order valence-corrected chi connectivity index (χ0v) is 10.0. The predicted octanol–water partition coefficient (Wildman–Crippen LogP) is 0.327. The van der Waals surface area contributed by atoms with E-state index in [-0.39, 0.29) is 6.54 Å². The van der Waals surface area contributed by atoms with Crippen LogP contribution in [0.5, 0.6) is 0 Å². The van der Waals surface area contributed by atoms with Crippen LogP contribution in [-0.4, -0.2) is 21.7 Å². The van der Waals surface area contributed by atoms with Gasteiger partial charge in [-0.15, -0.1) is 0 Å². The second-order valence-corrected chi connectivity index (χ2v) is 3.93. The molecule has 0 atom stereocenters. The molecule has 7 nitrogen and oxygen atoms in total. The molecule has 5 N–H and O–H groups in total. The Kier molecular flexibility index (Phi) is 3.46. The standard InChI is InChI=1S/C12H13N5O2/c13-10-4-2-1-3-9(10)8-5-15-17(6-8)7-11(18)16-12(14)19/h1-6H,7,13H2,(H3,14,16,18,19). The Hall–Kier alpha value is -2.83. The number of hydrogen-bond acceptors (Lipinski definition) is 4. The van der Waals surface area contributed by atoms with Gasteiger partial charge in [-0.05, 0) is 6.07 Å². The third kappa shape index (κ3) is 3.09. The van der Waals surface area contributed by atoms with Gasteiger partial charge in [0.2, 0.25) is 5.91 Å². The smallest absolute Gasteiger partial charge is 0.318 e. The number of urea groups is 1. The molecule has 19 heavy (non-hydrogen) atoms. The number of benzene rings is 1. The fourth-order valence-electron chi connectivity index (χ4n) is 1.67. The van der Waals surface area contributed by atoms with E-state index in [9.17, 15) is 9.59 Å². The first-order valence-corrected chi connectivity index (χ1v) is 5.53. The monoisotopic (exact) mass is 259 g/mol. The summed E-state index contributed by atoms with van der Waals surface area (Å²) in [5.74, 6) is -0.525. The number of primary amides is 1. The van der Waals surface area contributed by atoms with Crippen molar-refractivity contribution in [2.24, 2.45) is 5.73 Å². The molecule has 0 aliphatic rings. The van der Waals surface area contributed by atoms with E-state index >= 15 is 0 Å². The number of amides is 3. The molecule has 0 aliphatic heterocycles. The zero-order valence-electron chi connectivity index (χ0n) is 10.0. The highest BCUT2D eigenvalue weighted by molar-refractivity contribution is 5.93. The summed E-state index contributed by atoms with van der Waals surface area (Å²) in [6.45, 7) is -0.0876. The molecule has 0 saturated heterocycles. The van der Waals surface area contributed by atoms with Crippen LogP contribution in [0.4, 0.5) is 10.5 Å². The molecule has 1 aromatic carbocycles. The minimum Gasteiger partial charge on any atom is -0.398 e. The summed E-state index contributed by atoms with van der Waals surface area (Å²) in [6.07, 6.45) is 3.27. The minimum absolute atomic E-state index is 0.0876. The van der Waals surface area contributed by atoms with Gasteiger partial charge in [0.25, 0.3) is 0 Å².